The van der Waals surface area contributed by atoms with E-state index in [0.29, 0.717) is 5.69 Å². The average molecular weight is 297 g/mol. The fourth-order valence-electron chi connectivity index (χ4n) is 2.96. The zero-order chi connectivity index (χ0) is 15.7. The lowest BCUT2D eigenvalue weighted by atomic mass is 10.0. The van der Waals surface area contributed by atoms with Crippen LogP contribution in [0.15, 0.2) is 24.5 Å². The number of nitrogen functional groups attached to an aromatic ring is 1. The van der Waals surface area contributed by atoms with E-state index in [1.54, 1.807) is 12.4 Å². The molecular formula is C17H23N5. The number of aryl methyl sites for hydroxylation is 2. The normalized spacial score (nSPS) is 16.0. The zero-order valence-corrected chi connectivity index (χ0v) is 13.5. The second-order valence-electron chi connectivity index (χ2n) is 6.02. The van der Waals surface area contributed by atoms with Gasteiger partial charge in [-0.3, -0.25) is 4.98 Å². The zero-order valence-electron chi connectivity index (χ0n) is 13.5. The molecule has 1 fully saturated rings. The molecule has 0 aromatic carbocycles. The largest absolute Gasteiger partial charge is 0.397 e. The Morgan fingerprint density at radius 1 is 1.09 bits per heavy atom. The molecule has 0 unspecified atom stereocenters. The Bertz CT molecular complexity index is 675. The van der Waals surface area contributed by atoms with Crippen LogP contribution in [0.25, 0.3) is 11.1 Å². The molecule has 0 saturated carbocycles. The van der Waals surface area contributed by atoms with Crippen molar-refractivity contribution in [1.29, 1.82) is 0 Å². The molecule has 0 aliphatic carbocycles. The van der Waals surface area contributed by atoms with Crippen molar-refractivity contribution in [1.82, 2.24) is 14.9 Å². The van der Waals surface area contributed by atoms with E-state index in [4.69, 9.17) is 10.7 Å². The first-order chi connectivity index (χ1) is 10.6. The minimum atomic E-state index is 0.694. The monoisotopic (exact) mass is 297 g/mol. The molecule has 3 heterocycles. The SMILES string of the molecule is Cc1cc(-c2ccncc2N)c(C)nc1N1CCN(C)CC1. The standard InChI is InChI=1S/C17H23N5/c1-12-10-15(14-4-5-19-11-16(14)18)13(2)20-17(12)22-8-6-21(3)7-9-22/h4-5,10-11H,6-9,18H2,1-3H3. The van der Waals surface area contributed by atoms with Crippen LogP contribution in [0.1, 0.15) is 11.3 Å². The minimum Gasteiger partial charge on any atom is -0.397 e. The van der Waals surface area contributed by atoms with Crippen LogP contribution >= 0.6 is 0 Å². The van der Waals surface area contributed by atoms with Gasteiger partial charge in [-0.2, -0.15) is 0 Å². The lowest BCUT2D eigenvalue weighted by Crippen LogP contribution is -2.45. The number of aromatic nitrogens is 2. The van der Waals surface area contributed by atoms with E-state index < -0.39 is 0 Å². The van der Waals surface area contributed by atoms with Crippen molar-refractivity contribution in [2.45, 2.75) is 13.8 Å². The Labute approximate surface area is 131 Å². The van der Waals surface area contributed by atoms with Crippen LogP contribution in [0, 0.1) is 13.8 Å². The van der Waals surface area contributed by atoms with Gasteiger partial charge in [0.2, 0.25) is 0 Å². The van der Waals surface area contributed by atoms with Crippen LogP contribution in [0.2, 0.25) is 0 Å². The Kier molecular flexibility index (Phi) is 3.98. The molecule has 1 aliphatic rings. The van der Waals surface area contributed by atoms with Crippen molar-refractivity contribution in [3.05, 3.63) is 35.8 Å². The van der Waals surface area contributed by atoms with Gasteiger partial charge >= 0.3 is 0 Å². The summed E-state index contributed by atoms with van der Waals surface area (Å²) in [6.07, 6.45) is 3.47. The summed E-state index contributed by atoms with van der Waals surface area (Å²) in [5.41, 5.74) is 11.1. The van der Waals surface area contributed by atoms with E-state index >= 15 is 0 Å². The number of hydrogen-bond donors (Lipinski definition) is 1. The molecule has 1 saturated heterocycles. The fourth-order valence-corrected chi connectivity index (χ4v) is 2.96. The molecule has 0 bridgehead atoms. The number of piperazine rings is 1. The molecule has 0 radical (unpaired) electrons. The van der Waals surface area contributed by atoms with Crippen molar-refractivity contribution >= 4 is 11.5 Å². The van der Waals surface area contributed by atoms with Crippen molar-refractivity contribution < 1.29 is 0 Å². The number of nitrogens with zero attached hydrogens (tertiary/aromatic N) is 4. The summed E-state index contributed by atoms with van der Waals surface area (Å²) in [7, 11) is 2.16. The van der Waals surface area contributed by atoms with Crippen LogP contribution in [-0.4, -0.2) is 48.1 Å². The van der Waals surface area contributed by atoms with Gasteiger partial charge in [0.05, 0.1) is 11.9 Å². The summed E-state index contributed by atoms with van der Waals surface area (Å²) < 4.78 is 0. The predicted molar refractivity (Wildman–Crippen MR) is 91.1 cm³/mol. The lowest BCUT2D eigenvalue weighted by molar-refractivity contribution is 0.312. The number of hydrogen-bond acceptors (Lipinski definition) is 5. The molecule has 5 nitrogen and oxygen atoms in total. The van der Waals surface area contributed by atoms with E-state index in [1.165, 1.54) is 5.56 Å². The molecule has 2 N–H and O–H groups in total. The summed E-state index contributed by atoms with van der Waals surface area (Å²) in [5, 5.41) is 0. The van der Waals surface area contributed by atoms with Crippen molar-refractivity contribution in [2.75, 3.05) is 43.9 Å². The van der Waals surface area contributed by atoms with Crippen LogP contribution in [0.4, 0.5) is 11.5 Å². The Morgan fingerprint density at radius 3 is 2.50 bits per heavy atom. The van der Waals surface area contributed by atoms with Gasteiger partial charge in [-0.15, -0.1) is 0 Å². The molecule has 2 aromatic rings. The van der Waals surface area contributed by atoms with Gasteiger partial charge in [0.1, 0.15) is 5.82 Å². The summed E-state index contributed by atoms with van der Waals surface area (Å²) in [5.74, 6) is 1.10. The first-order valence-electron chi connectivity index (χ1n) is 7.68. The van der Waals surface area contributed by atoms with Crippen LogP contribution in [0.5, 0.6) is 0 Å². The maximum Gasteiger partial charge on any atom is 0.131 e. The number of pyridine rings is 2. The van der Waals surface area contributed by atoms with Gasteiger partial charge < -0.3 is 15.5 Å². The third-order valence-electron chi connectivity index (χ3n) is 4.32. The molecule has 2 aromatic heterocycles. The number of rotatable bonds is 2. The van der Waals surface area contributed by atoms with Crippen LogP contribution in [0.3, 0.4) is 0 Å². The average Bonchev–Trinajstić information content (AvgIpc) is 2.51. The molecule has 3 rings (SSSR count). The van der Waals surface area contributed by atoms with Crippen molar-refractivity contribution in [3.63, 3.8) is 0 Å². The first-order valence-corrected chi connectivity index (χ1v) is 7.68. The van der Waals surface area contributed by atoms with E-state index in [-0.39, 0.29) is 0 Å². The highest BCUT2D eigenvalue weighted by atomic mass is 15.3. The van der Waals surface area contributed by atoms with Crippen molar-refractivity contribution in [2.24, 2.45) is 0 Å². The number of likely N-dealkylation sites (N-methyl/N-ethyl adjacent to an activating group) is 1. The van der Waals surface area contributed by atoms with Gasteiger partial charge in [0.15, 0.2) is 0 Å². The lowest BCUT2D eigenvalue weighted by Gasteiger charge is -2.34. The summed E-state index contributed by atoms with van der Waals surface area (Å²) in [6.45, 7) is 8.40. The number of anilines is 2. The maximum atomic E-state index is 6.06. The van der Waals surface area contributed by atoms with E-state index in [2.05, 4.69) is 34.8 Å². The Morgan fingerprint density at radius 2 is 1.82 bits per heavy atom. The molecule has 0 spiro atoms. The predicted octanol–water partition coefficient (Wildman–Crippen LogP) is 2.09. The summed E-state index contributed by atoms with van der Waals surface area (Å²) >= 11 is 0. The molecular weight excluding hydrogens is 274 g/mol. The van der Waals surface area contributed by atoms with E-state index in [0.717, 1.165) is 48.8 Å². The van der Waals surface area contributed by atoms with Gasteiger partial charge in [-0.1, -0.05) is 0 Å². The highest BCUT2D eigenvalue weighted by Crippen LogP contribution is 2.31. The highest BCUT2D eigenvalue weighted by molar-refractivity contribution is 5.78. The number of nitrogens with two attached hydrogens (primary N) is 1. The highest BCUT2D eigenvalue weighted by Gasteiger charge is 2.19. The topological polar surface area (TPSA) is 58.3 Å². The molecule has 0 amide bonds. The Balaban J connectivity index is 1.97. The maximum absolute atomic E-state index is 6.06. The van der Waals surface area contributed by atoms with Gasteiger partial charge in [0.25, 0.3) is 0 Å². The summed E-state index contributed by atoms with van der Waals surface area (Å²) in [6, 6.07) is 4.15. The summed E-state index contributed by atoms with van der Waals surface area (Å²) in [4.78, 5) is 13.7. The molecule has 22 heavy (non-hydrogen) atoms. The van der Waals surface area contributed by atoms with E-state index in [9.17, 15) is 0 Å². The van der Waals surface area contributed by atoms with E-state index in [1.807, 2.05) is 13.0 Å². The molecule has 116 valence electrons. The minimum absolute atomic E-state index is 0.694. The van der Waals surface area contributed by atoms with Crippen LogP contribution < -0.4 is 10.6 Å². The van der Waals surface area contributed by atoms with Gasteiger partial charge in [-0.25, -0.2) is 4.98 Å². The van der Waals surface area contributed by atoms with Crippen molar-refractivity contribution in [3.8, 4) is 11.1 Å². The Hall–Kier alpha value is -2.14. The smallest absolute Gasteiger partial charge is 0.131 e. The second-order valence-corrected chi connectivity index (χ2v) is 6.02. The fraction of sp³-hybridized carbons (Fsp3) is 0.412. The molecule has 0 atom stereocenters. The third-order valence-corrected chi connectivity index (χ3v) is 4.32. The van der Waals surface area contributed by atoms with Gasteiger partial charge in [-0.05, 0) is 38.6 Å². The molecule has 1 aliphatic heterocycles. The second kappa shape index (κ2) is 5.93. The van der Waals surface area contributed by atoms with Crippen LogP contribution in [-0.2, 0) is 0 Å². The third kappa shape index (κ3) is 2.76. The quantitative estimate of drug-likeness (QED) is 0.920. The molecule has 5 heteroatoms. The van der Waals surface area contributed by atoms with Gasteiger partial charge in [0, 0.05) is 49.2 Å². The first kappa shape index (κ1) is 14.8.